The van der Waals surface area contributed by atoms with E-state index in [1.54, 1.807) is 5.56 Å². The molecule has 0 bridgehead atoms. The molecule has 1 aromatic carbocycles. The molecule has 3 atom stereocenters. The van der Waals surface area contributed by atoms with Crippen molar-refractivity contribution in [2.75, 3.05) is 31.9 Å². The van der Waals surface area contributed by atoms with Crippen LogP contribution >= 0.6 is 11.8 Å². The minimum atomic E-state index is 0.693. The van der Waals surface area contributed by atoms with E-state index in [4.69, 9.17) is 5.73 Å². The second-order valence-corrected chi connectivity index (χ2v) is 7.13. The summed E-state index contributed by atoms with van der Waals surface area (Å²) in [6.45, 7) is 6.86. The summed E-state index contributed by atoms with van der Waals surface area (Å²) in [6, 6.07) is 8.91. The van der Waals surface area contributed by atoms with Crippen LogP contribution in [0.4, 0.5) is 0 Å². The Balaban J connectivity index is 1.64. The third-order valence-corrected chi connectivity index (χ3v) is 6.03. The molecule has 2 heterocycles. The van der Waals surface area contributed by atoms with Crippen LogP contribution in [0, 0.1) is 11.8 Å². The first-order chi connectivity index (χ1) is 9.28. The molecule has 3 rings (SSSR count). The van der Waals surface area contributed by atoms with Crippen molar-refractivity contribution in [2.45, 2.75) is 24.2 Å². The number of hydrogen-bond acceptors (Lipinski definition) is 3. The van der Waals surface area contributed by atoms with Gasteiger partial charge in [-0.25, -0.2) is 0 Å². The molecular weight excluding hydrogens is 252 g/mol. The molecule has 0 saturated carbocycles. The Morgan fingerprint density at radius 3 is 3.05 bits per heavy atom. The molecule has 1 aromatic rings. The third kappa shape index (κ3) is 2.83. The number of rotatable bonds is 3. The van der Waals surface area contributed by atoms with Crippen molar-refractivity contribution in [2.24, 2.45) is 17.6 Å². The van der Waals surface area contributed by atoms with Gasteiger partial charge in [-0.05, 0) is 43.0 Å². The van der Waals surface area contributed by atoms with Gasteiger partial charge in [-0.3, -0.25) is 0 Å². The van der Waals surface area contributed by atoms with Crippen LogP contribution < -0.4 is 5.73 Å². The normalized spacial score (nSPS) is 31.4. The highest BCUT2D eigenvalue weighted by Gasteiger charge is 2.29. The largest absolute Gasteiger partial charge is 0.330 e. The van der Waals surface area contributed by atoms with Gasteiger partial charge in [0.1, 0.15) is 0 Å². The first kappa shape index (κ1) is 13.5. The van der Waals surface area contributed by atoms with Crippen LogP contribution in [0.1, 0.15) is 24.8 Å². The van der Waals surface area contributed by atoms with Crippen LogP contribution in [-0.4, -0.2) is 36.8 Å². The molecule has 0 aromatic heterocycles. The predicted octanol–water partition coefficient (Wildman–Crippen LogP) is 2.79. The molecule has 1 fully saturated rings. The lowest BCUT2D eigenvalue weighted by Gasteiger charge is -2.37. The first-order valence-electron chi connectivity index (χ1n) is 7.42. The maximum atomic E-state index is 5.91. The lowest BCUT2D eigenvalue weighted by atomic mass is 9.86. The van der Waals surface area contributed by atoms with Crippen molar-refractivity contribution >= 4 is 11.8 Å². The Morgan fingerprint density at radius 1 is 1.37 bits per heavy atom. The topological polar surface area (TPSA) is 29.3 Å². The van der Waals surface area contributed by atoms with E-state index in [0.29, 0.717) is 11.8 Å². The molecule has 1 saturated heterocycles. The van der Waals surface area contributed by atoms with Gasteiger partial charge in [-0.15, -0.1) is 11.8 Å². The molecule has 0 spiro atoms. The molecule has 0 amide bonds. The Kier molecular flexibility index (Phi) is 4.15. The Labute approximate surface area is 120 Å². The van der Waals surface area contributed by atoms with Crippen LogP contribution in [0.2, 0.25) is 0 Å². The van der Waals surface area contributed by atoms with E-state index in [1.165, 1.54) is 36.7 Å². The molecule has 3 unspecified atom stereocenters. The summed E-state index contributed by atoms with van der Waals surface area (Å²) in [5, 5.41) is 0. The van der Waals surface area contributed by atoms with E-state index < -0.39 is 0 Å². The zero-order chi connectivity index (χ0) is 13.2. The van der Waals surface area contributed by atoms with Gasteiger partial charge in [-0.1, -0.05) is 25.1 Å². The number of piperidine rings is 1. The standard InChI is InChI=1S/C16H24N2S/c1-12-6-7-18(9-13(12)8-17)10-14-11-19-16-5-3-2-4-15(14)16/h2-5,12-14H,6-11,17H2,1H3. The van der Waals surface area contributed by atoms with Gasteiger partial charge in [0, 0.05) is 29.7 Å². The molecule has 104 valence electrons. The number of nitrogens with two attached hydrogens (primary N) is 1. The van der Waals surface area contributed by atoms with Gasteiger partial charge >= 0.3 is 0 Å². The van der Waals surface area contributed by atoms with Crippen LogP contribution in [0.3, 0.4) is 0 Å². The van der Waals surface area contributed by atoms with Crippen molar-refractivity contribution in [3.63, 3.8) is 0 Å². The summed E-state index contributed by atoms with van der Waals surface area (Å²) in [4.78, 5) is 4.14. The molecule has 2 N–H and O–H groups in total. The highest BCUT2D eigenvalue weighted by molar-refractivity contribution is 7.99. The lowest BCUT2D eigenvalue weighted by molar-refractivity contribution is 0.128. The molecule has 0 radical (unpaired) electrons. The lowest BCUT2D eigenvalue weighted by Crippen LogP contribution is -2.44. The van der Waals surface area contributed by atoms with Gasteiger partial charge in [0.25, 0.3) is 0 Å². The zero-order valence-corrected chi connectivity index (χ0v) is 12.5. The summed E-state index contributed by atoms with van der Waals surface area (Å²) in [6.07, 6.45) is 1.31. The van der Waals surface area contributed by atoms with Crippen molar-refractivity contribution in [1.29, 1.82) is 0 Å². The first-order valence-corrected chi connectivity index (χ1v) is 8.40. The number of fused-ring (bicyclic) bond motifs is 1. The SMILES string of the molecule is CC1CCN(CC2CSc3ccccc32)CC1CN. The summed E-state index contributed by atoms with van der Waals surface area (Å²) < 4.78 is 0. The van der Waals surface area contributed by atoms with E-state index in [1.807, 2.05) is 11.8 Å². The van der Waals surface area contributed by atoms with Crippen molar-refractivity contribution in [3.8, 4) is 0 Å². The Morgan fingerprint density at radius 2 is 2.21 bits per heavy atom. The summed E-state index contributed by atoms with van der Waals surface area (Å²) >= 11 is 2.02. The minimum absolute atomic E-state index is 0.693. The summed E-state index contributed by atoms with van der Waals surface area (Å²) in [5.41, 5.74) is 7.48. The highest BCUT2D eigenvalue weighted by atomic mass is 32.2. The van der Waals surface area contributed by atoms with E-state index in [0.717, 1.165) is 12.5 Å². The van der Waals surface area contributed by atoms with Crippen LogP contribution in [0.25, 0.3) is 0 Å². The molecular formula is C16H24N2S. The van der Waals surface area contributed by atoms with E-state index >= 15 is 0 Å². The van der Waals surface area contributed by atoms with Gasteiger partial charge in [-0.2, -0.15) is 0 Å². The molecule has 19 heavy (non-hydrogen) atoms. The predicted molar refractivity (Wildman–Crippen MR) is 82.7 cm³/mol. The number of nitrogens with zero attached hydrogens (tertiary/aromatic N) is 1. The fraction of sp³-hybridized carbons (Fsp3) is 0.625. The number of likely N-dealkylation sites (tertiary alicyclic amines) is 1. The maximum absolute atomic E-state index is 5.91. The Hall–Kier alpha value is -0.510. The second-order valence-electron chi connectivity index (χ2n) is 6.07. The van der Waals surface area contributed by atoms with E-state index in [9.17, 15) is 0 Å². The van der Waals surface area contributed by atoms with Crippen molar-refractivity contribution < 1.29 is 0 Å². The van der Waals surface area contributed by atoms with E-state index in [2.05, 4.69) is 36.1 Å². The van der Waals surface area contributed by atoms with Crippen molar-refractivity contribution in [1.82, 2.24) is 4.90 Å². The monoisotopic (exact) mass is 276 g/mol. The number of thioether (sulfide) groups is 1. The number of hydrogen-bond donors (Lipinski definition) is 1. The molecule has 3 heteroatoms. The smallest absolute Gasteiger partial charge is 0.0108 e. The maximum Gasteiger partial charge on any atom is 0.0108 e. The average Bonchev–Trinajstić information content (AvgIpc) is 2.84. The zero-order valence-electron chi connectivity index (χ0n) is 11.7. The van der Waals surface area contributed by atoms with Crippen LogP contribution in [-0.2, 0) is 0 Å². The fourth-order valence-corrected chi connectivity index (χ4v) is 4.63. The second kappa shape index (κ2) is 5.86. The van der Waals surface area contributed by atoms with Crippen LogP contribution in [0.15, 0.2) is 29.2 Å². The van der Waals surface area contributed by atoms with Crippen molar-refractivity contribution in [3.05, 3.63) is 29.8 Å². The molecule has 2 aliphatic heterocycles. The number of benzene rings is 1. The minimum Gasteiger partial charge on any atom is -0.330 e. The van der Waals surface area contributed by atoms with Gasteiger partial charge in [0.05, 0.1) is 0 Å². The summed E-state index contributed by atoms with van der Waals surface area (Å²) in [5.74, 6) is 3.45. The Bertz CT molecular complexity index is 435. The summed E-state index contributed by atoms with van der Waals surface area (Å²) in [7, 11) is 0. The van der Waals surface area contributed by atoms with Crippen LogP contribution in [0.5, 0.6) is 0 Å². The highest BCUT2D eigenvalue weighted by Crippen LogP contribution is 2.40. The molecule has 0 aliphatic carbocycles. The average molecular weight is 276 g/mol. The fourth-order valence-electron chi connectivity index (χ4n) is 3.39. The quantitative estimate of drug-likeness (QED) is 0.920. The van der Waals surface area contributed by atoms with Gasteiger partial charge in [0.15, 0.2) is 0 Å². The van der Waals surface area contributed by atoms with Gasteiger partial charge in [0.2, 0.25) is 0 Å². The third-order valence-electron chi connectivity index (χ3n) is 4.78. The van der Waals surface area contributed by atoms with Gasteiger partial charge < -0.3 is 10.6 Å². The molecule has 2 nitrogen and oxygen atoms in total. The molecule has 2 aliphatic rings. The van der Waals surface area contributed by atoms with E-state index in [-0.39, 0.29) is 0 Å².